The van der Waals surface area contributed by atoms with Crippen LogP contribution in [0.5, 0.6) is 0 Å². The molecule has 1 aliphatic rings. The lowest BCUT2D eigenvalue weighted by atomic mass is 9.77. The topological polar surface area (TPSA) is 0 Å². The summed E-state index contributed by atoms with van der Waals surface area (Å²) in [6.45, 7) is 3.77. The molecule has 0 bridgehead atoms. The van der Waals surface area contributed by atoms with Crippen LogP contribution in [-0.4, -0.2) is 0 Å². The van der Waals surface area contributed by atoms with Crippen molar-refractivity contribution in [3.63, 3.8) is 0 Å². The molecule has 0 nitrogen and oxygen atoms in total. The van der Waals surface area contributed by atoms with E-state index in [9.17, 15) is 13.2 Å². The summed E-state index contributed by atoms with van der Waals surface area (Å²) in [7, 11) is 0. The van der Waals surface area contributed by atoms with Crippen LogP contribution in [0.1, 0.15) is 73.6 Å². The molecular weight excluding hydrogens is 345 g/mol. The van der Waals surface area contributed by atoms with Crippen LogP contribution >= 0.6 is 0 Å². The third kappa shape index (κ3) is 4.75. The highest BCUT2D eigenvalue weighted by Crippen LogP contribution is 2.38. The monoisotopic (exact) mass is 374 g/mol. The highest BCUT2D eigenvalue weighted by atomic mass is 19.2. The summed E-state index contributed by atoms with van der Waals surface area (Å²) in [6, 6.07) is 8.63. The molecule has 0 atom stereocenters. The molecule has 2 aromatic rings. The molecule has 1 fully saturated rings. The van der Waals surface area contributed by atoms with Crippen LogP contribution in [0, 0.1) is 30.3 Å². The summed E-state index contributed by atoms with van der Waals surface area (Å²) >= 11 is 0. The average Bonchev–Trinajstić information content (AvgIpc) is 2.67. The Labute approximate surface area is 160 Å². The lowest BCUT2D eigenvalue weighted by Gasteiger charge is -2.29. The number of hydrogen-bond donors (Lipinski definition) is 0. The quantitative estimate of drug-likeness (QED) is 0.499. The molecule has 1 aliphatic carbocycles. The van der Waals surface area contributed by atoms with Crippen molar-refractivity contribution in [2.45, 2.75) is 71.1 Å². The second-order valence-electron chi connectivity index (χ2n) is 8.03. The molecule has 3 heteroatoms. The van der Waals surface area contributed by atoms with Gasteiger partial charge in [0, 0.05) is 0 Å². The summed E-state index contributed by atoms with van der Waals surface area (Å²) in [5.41, 5.74) is 2.30. The van der Waals surface area contributed by atoms with Gasteiger partial charge < -0.3 is 0 Å². The smallest absolute Gasteiger partial charge is 0.162 e. The standard InChI is InChI=1S/C24H29F3/c1-3-4-17-6-11-19(12-7-17)21-14-9-18(15-22(21)25)8-13-20-10-5-16(2)23(26)24(20)27/h5,9-10,14-15,17,19H,3-4,6-8,11-13H2,1-2H3. The van der Waals surface area contributed by atoms with E-state index in [1.807, 2.05) is 12.1 Å². The molecule has 0 unspecified atom stereocenters. The van der Waals surface area contributed by atoms with E-state index in [0.717, 1.165) is 29.9 Å². The first-order valence-electron chi connectivity index (χ1n) is 10.2. The van der Waals surface area contributed by atoms with Crippen LogP contribution in [0.3, 0.4) is 0 Å². The van der Waals surface area contributed by atoms with Gasteiger partial charge in [0.25, 0.3) is 0 Å². The van der Waals surface area contributed by atoms with E-state index in [1.54, 1.807) is 25.1 Å². The first-order chi connectivity index (χ1) is 13.0. The summed E-state index contributed by atoms with van der Waals surface area (Å²) in [5, 5.41) is 0. The Hall–Kier alpha value is -1.77. The van der Waals surface area contributed by atoms with Crippen LogP contribution in [0.25, 0.3) is 0 Å². The van der Waals surface area contributed by atoms with Gasteiger partial charge in [-0.15, -0.1) is 0 Å². The Morgan fingerprint density at radius 3 is 2.30 bits per heavy atom. The Kier molecular flexibility index (Phi) is 6.62. The van der Waals surface area contributed by atoms with Gasteiger partial charge in [0.1, 0.15) is 5.82 Å². The van der Waals surface area contributed by atoms with Crippen molar-refractivity contribution in [3.05, 3.63) is 70.0 Å². The second kappa shape index (κ2) is 8.95. The molecule has 0 amide bonds. The fourth-order valence-corrected chi connectivity index (χ4v) is 4.39. The van der Waals surface area contributed by atoms with E-state index >= 15 is 0 Å². The lowest BCUT2D eigenvalue weighted by Crippen LogP contribution is -2.14. The van der Waals surface area contributed by atoms with Gasteiger partial charge in [-0.25, -0.2) is 13.2 Å². The maximum absolute atomic E-state index is 14.7. The molecule has 27 heavy (non-hydrogen) atoms. The second-order valence-corrected chi connectivity index (χ2v) is 8.03. The molecule has 0 aromatic heterocycles. The van der Waals surface area contributed by atoms with Gasteiger partial charge in [-0.3, -0.25) is 0 Å². The minimum atomic E-state index is -0.785. The molecule has 0 spiro atoms. The van der Waals surface area contributed by atoms with E-state index in [2.05, 4.69) is 6.92 Å². The van der Waals surface area contributed by atoms with Gasteiger partial charge in [-0.1, -0.05) is 44.0 Å². The summed E-state index contributed by atoms with van der Waals surface area (Å²) in [4.78, 5) is 0. The van der Waals surface area contributed by atoms with Crippen molar-refractivity contribution in [3.8, 4) is 0 Å². The number of hydrogen-bond acceptors (Lipinski definition) is 0. The summed E-state index contributed by atoms with van der Waals surface area (Å²) in [6.07, 6.45) is 7.89. The van der Waals surface area contributed by atoms with E-state index < -0.39 is 11.6 Å². The average molecular weight is 374 g/mol. The van der Waals surface area contributed by atoms with Crippen molar-refractivity contribution < 1.29 is 13.2 Å². The SMILES string of the molecule is CCCC1CCC(c2ccc(CCc3ccc(C)c(F)c3F)cc2F)CC1. The minimum absolute atomic E-state index is 0.151. The van der Waals surface area contributed by atoms with Crippen molar-refractivity contribution in [2.24, 2.45) is 5.92 Å². The Morgan fingerprint density at radius 1 is 0.889 bits per heavy atom. The van der Waals surface area contributed by atoms with Gasteiger partial charge in [0.2, 0.25) is 0 Å². The largest absolute Gasteiger partial charge is 0.207 e. The van der Waals surface area contributed by atoms with Crippen LogP contribution in [0.2, 0.25) is 0 Å². The molecule has 1 saturated carbocycles. The van der Waals surface area contributed by atoms with Crippen LogP contribution in [0.15, 0.2) is 30.3 Å². The van der Waals surface area contributed by atoms with Gasteiger partial charge in [0.15, 0.2) is 11.6 Å². The third-order valence-electron chi connectivity index (χ3n) is 6.09. The zero-order valence-electron chi connectivity index (χ0n) is 16.3. The first kappa shape index (κ1) is 20.0. The zero-order chi connectivity index (χ0) is 19.4. The van der Waals surface area contributed by atoms with E-state index in [0.29, 0.717) is 29.9 Å². The summed E-state index contributed by atoms with van der Waals surface area (Å²) < 4.78 is 42.3. The van der Waals surface area contributed by atoms with Crippen molar-refractivity contribution in [1.29, 1.82) is 0 Å². The highest BCUT2D eigenvalue weighted by Gasteiger charge is 2.24. The number of halogens is 3. The van der Waals surface area contributed by atoms with Crippen molar-refractivity contribution in [1.82, 2.24) is 0 Å². The molecule has 0 N–H and O–H groups in total. The predicted octanol–water partition coefficient (Wildman–Crippen LogP) is 7.27. The van der Waals surface area contributed by atoms with E-state index in [4.69, 9.17) is 0 Å². The van der Waals surface area contributed by atoms with Gasteiger partial charge in [0.05, 0.1) is 0 Å². The Bertz CT molecular complexity index is 773. The molecule has 0 heterocycles. The molecule has 0 radical (unpaired) electrons. The molecule has 0 saturated heterocycles. The van der Waals surface area contributed by atoms with Crippen molar-refractivity contribution >= 4 is 0 Å². The fraction of sp³-hybridized carbons (Fsp3) is 0.500. The lowest BCUT2D eigenvalue weighted by molar-refractivity contribution is 0.304. The van der Waals surface area contributed by atoms with Gasteiger partial charge in [-0.05, 0) is 85.6 Å². The van der Waals surface area contributed by atoms with Crippen LogP contribution < -0.4 is 0 Å². The molecule has 2 aromatic carbocycles. The minimum Gasteiger partial charge on any atom is -0.207 e. The summed E-state index contributed by atoms with van der Waals surface area (Å²) in [5.74, 6) is -0.597. The predicted molar refractivity (Wildman–Crippen MR) is 105 cm³/mol. The van der Waals surface area contributed by atoms with Crippen molar-refractivity contribution in [2.75, 3.05) is 0 Å². The number of rotatable bonds is 6. The van der Waals surface area contributed by atoms with Gasteiger partial charge in [-0.2, -0.15) is 0 Å². The Morgan fingerprint density at radius 2 is 1.63 bits per heavy atom. The third-order valence-corrected chi connectivity index (χ3v) is 6.09. The first-order valence-corrected chi connectivity index (χ1v) is 10.2. The molecular formula is C24H29F3. The maximum Gasteiger partial charge on any atom is 0.162 e. The van der Waals surface area contributed by atoms with Crippen LogP contribution in [-0.2, 0) is 12.8 Å². The molecule has 146 valence electrons. The van der Waals surface area contributed by atoms with E-state index in [-0.39, 0.29) is 5.82 Å². The zero-order valence-corrected chi connectivity index (χ0v) is 16.3. The Balaban J connectivity index is 1.63. The molecule has 0 aliphatic heterocycles. The normalized spacial score (nSPS) is 20.0. The van der Waals surface area contributed by atoms with Gasteiger partial charge >= 0.3 is 0 Å². The van der Waals surface area contributed by atoms with Crippen LogP contribution in [0.4, 0.5) is 13.2 Å². The maximum atomic E-state index is 14.7. The molecule has 3 rings (SSSR count). The van der Waals surface area contributed by atoms with E-state index in [1.165, 1.54) is 25.7 Å². The fourth-order valence-electron chi connectivity index (χ4n) is 4.39. The number of benzene rings is 2. The highest BCUT2D eigenvalue weighted by molar-refractivity contribution is 5.30. The number of aryl methyl sites for hydroxylation is 3.